The second-order valence-electron chi connectivity index (χ2n) is 2.48. The van der Waals surface area contributed by atoms with E-state index in [1.54, 1.807) is 13.0 Å². The van der Waals surface area contributed by atoms with E-state index in [0.717, 1.165) is 5.56 Å². The lowest BCUT2D eigenvalue weighted by Gasteiger charge is -2.03. The molecule has 0 atom stereocenters. The van der Waals surface area contributed by atoms with Crippen LogP contribution in [-0.4, -0.2) is 0 Å². The molecule has 0 bridgehead atoms. The van der Waals surface area contributed by atoms with Crippen LogP contribution in [0.15, 0.2) is 12.1 Å². The molecule has 1 nitrogen and oxygen atoms in total. The molecule has 0 saturated heterocycles. The molecule has 3 heteroatoms. The maximum Gasteiger partial charge on any atom is 0.142 e. The van der Waals surface area contributed by atoms with Crippen molar-refractivity contribution in [2.75, 3.05) is 0 Å². The molecule has 0 radical (unpaired) electrons. The van der Waals surface area contributed by atoms with Crippen LogP contribution in [0.1, 0.15) is 11.1 Å². The first-order valence-electron chi connectivity index (χ1n) is 3.47. The van der Waals surface area contributed by atoms with E-state index in [2.05, 4.69) is 0 Å². The van der Waals surface area contributed by atoms with Gasteiger partial charge in [-0.15, -0.1) is 0 Å². The predicted molar refractivity (Wildman–Crippen MR) is 45.5 cm³/mol. The van der Waals surface area contributed by atoms with Crippen molar-refractivity contribution in [3.63, 3.8) is 0 Å². The summed E-state index contributed by atoms with van der Waals surface area (Å²) in [6.07, 6.45) is 0.270. The fourth-order valence-electron chi connectivity index (χ4n) is 0.969. The quantitative estimate of drug-likeness (QED) is 0.657. The van der Waals surface area contributed by atoms with E-state index in [0.29, 0.717) is 5.56 Å². The van der Waals surface area contributed by atoms with E-state index in [9.17, 15) is 4.39 Å². The third-order valence-corrected chi connectivity index (χ3v) is 2.18. The maximum atomic E-state index is 12.8. The van der Waals surface area contributed by atoms with Gasteiger partial charge in [0.1, 0.15) is 5.82 Å². The zero-order valence-electron chi connectivity index (χ0n) is 6.56. The highest BCUT2D eigenvalue weighted by Crippen LogP contribution is 2.22. The van der Waals surface area contributed by atoms with Crippen LogP contribution in [0.3, 0.4) is 0 Å². The Morgan fingerprint density at radius 1 is 1.58 bits per heavy atom. The van der Waals surface area contributed by atoms with Crippen molar-refractivity contribution in [3.05, 3.63) is 34.1 Å². The van der Waals surface area contributed by atoms with Gasteiger partial charge in [0.05, 0.1) is 17.5 Å². The van der Waals surface area contributed by atoms with Gasteiger partial charge in [0.15, 0.2) is 0 Å². The molecule has 0 heterocycles. The highest BCUT2D eigenvalue weighted by atomic mass is 35.5. The van der Waals surface area contributed by atoms with Gasteiger partial charge in [0, 0.05) is 0 Å². The Labute approximate surface area is 75.4 Å². The molecule has 0 aliphatic rings. The lowest BCUT2D eigenvalue weighted by Crippen LogP contribution is -1.90. The van der Waals surface area contributed by atoms with Gasteiger partial charge in [-0.05, 0) is 24.1 Å². The van der Waals surface area contributed by atoms with Crippen LogP contribution in [0, 0.1) is 24.1 Å². The fourth-order valence-corrected chi connectivity index (χ4v) is 1.15. The van der Waals surface area contributed by atoms with Crippen LogP contribution in [0.2, 0.25) is 5.02 Å². The minimum atomic E-state index is -0.434. The third-order valence-electron chi connectivity index (χ3n) is 1.72. The first-order chi connectivity index (χ1) is 5.66. The predicted octanol–water partition coefficient (Wildman–Crippen LogP) is 2.85. The molecule has 0 spiro atoms. The number of halogens is 2. The Bertz CT molecular complexity index is 341. The van der Waals surface area contributed by atoms with E-state index in [1.807, 2.05) is 6.07 Å². The summed E-state index contributed by atoms with van der Waals surface area (Å²) in [5.74, 6) is -0.434. The summed E-state index contributed by atoms with van der Waals surface area (Å²) < 4.78 is 12.8. The molecule has 0 saturated carbocycles. The van der Waals surface area contributed by atoms with Crippen molar-refractivity contribution < 1.29 is 4.39 Å². The Balaban J connectivity index is 3.19. The Morgan fingerprint density at radius 2 is 2.25 bits per heavy atom. The number of nitriles is 1. The van der Waals surface area contributed by atoms with Crippen molar-refractivity contribution in [1.82, 2.24) is 0 Å². The van der Waals surface area contributed by atoms with Crippen LogP contribution in [-0.2, 0) is 6.42 Å². The van der Waals surface area contributed by atoms with Gasteiger partial charge in [-0.3, -0.25) is 0 Å². The topological polar surface area (TPSA) is 23.8 Å². The fraction of sp³-hybridized carbons (Fsp3) is 0.222. The SMILES string of the molecule is Cc1c(CC#N)ccc(F)c1Cl. The monoisotopic (exact) mass is 183 g/mol. The molecule has 1 aromatic carbocycles. The first-order valence-corrected chi connectivity index (χ1v) is 3.85. The zero-order valence-corrected chi connectivity index (χ0v) is 7.32. The number of hydrogen-bond donors (Lipinski definition) is 0. The zero-order chi connectivity index (χ0) is 9.14. The second kappa shape index (κ2) is 3.55. The average Bonchev–Trinajstić information content (AvgIpc) is 2.07. The molecule has 62 valence electrons. The lowest BCUT2D eigenvalue weighted by molar-refractivity contribution is 0.626. The molecular weight excluding hydrogens is 177 g/mol. The molecule has 0 aliphatic carbocycles. The molecule has 0 aromatic heterocycles. The third kappa shape index (κ3) is 1.57. The number of rotatable bonds is 1. The lowest BCUT2D eigenvalue weighted by atomic mass is 10.1. The van der Waals surface area contributed by atoms with Gasteiger partial charge in [-0.1, -0.05) is 17.7 Å². The van der Waals surface area contributed by atoms with Gasteiger partial charge in [-0.2, -0.15) is 5.26 Å². The number of nitrogens with zero attached hydrogens (tertiary/aromatic N) is 1. The molecular formula is C9H7ClFN. The summed E-state index contributed by atoms with van der Waals surface area (Å²) in [7, 11) is 0. The Hall–Kier alpha value is -1.07. The molecule has 0 N–H and O–H groups in total. The van der Waals surface area contributed by atoms with Crippen LogP contribution in [0.4, 0.5) is 4.39 Å². The highest BCUT2D eigenvalue weighted by Gasteiger charge is 2.06. The summed E-state index contributed by atoms with van der Waals surface area (Å²) >= 11 is 5.63. The molecule has 1 aromatic rings. The van der Waals surface area contributed by atoms with Crippen LogP contribution in [0.5, 0.6) is 0 Å². The van der Waals surface area contributed by atoms with Gasteiger partial charge in [-0.25, -0.2) is 4.39 Å². The van der Waals surface area contributed by atoms with Crippen molar-refractivity contribution in [2.24, 2.45) is 0 Å². The molecule has 0 aliphatic heterocycles. The largest absolute Gasteiger partial charge is 0.205 e. The average molecular weight is 184 g/mol. The molecule has 12 heavy (non-hydrogen) atoms. The van der Waals surface area contributed by atoms with Gasteiger partial charge in [0.25, 0.3) is 0 Å². The molecule has 0 amide bonds. The van der Waals surface area contributed by atoms with E-state index in [1.165, 1.54) is 6.07 Å². The first kappa shape index (κ1) is 9.02. The van der Waals surface area contributed by atoms with Gasteiger partial charge in [0.2, 0.25) is 0 Å². The molecule has 0 fully saturated rings. The van der Waals surface area contributed by atoms with Crippen LogP contribution < -0.4 is 0 Å². The van der Waals surface area contributed by atoms with Gasteiger partial charge < -0.3 is 0 Å². The second-order valence-corrected chi connectivity index (χ2v) is 2.86. The molecule has 1 rings (SSSR count). The molecule has 0 unspecified atom stereocenters. The summed E-state index contributed by atoms with van der Waals surface area (Å²) in [6, 6.07) is 4.85. The summed E-state index contributed by atoms with van der Waals surface area (Å²) in [4.78, 5) is 0. The van der Waals surface area contributed by atoms with E-state index >= 15 is 0 Å². The van der Waals surface area contributed by atoms with Crippen molar-refractivity contribution in [2.45, 2.75) is 13.3 Å². The highest BCUT2D eigenvalue weighted by molar-refractivity contribution is 6.31. The standard InChI is InChI=1S/C9H7ClFN/c1-6-7(4-5-12)2-3-8(11)9(6)10/h2-3H,4H2,1H3. The summed E-state index contributed by atoms with van der Waals surface area (Å²) in [5, 5.41) is 8.53. The van der Waals surface area contributed by atoms with Crippen molar-refractivity contribution in [3.8, 4) is 6.07 Å². The number of hydrogen-bond acceptors (Lipinski definition) is 1. The smallest absolute Gasteiger partial charge is 0.142 e. The summed E-state index contributed by atoms with van der Waals surface area (Å²) in [5.41, 5.74) is 1.43. The van der Waals surface area contributed by atoms with Crippen LogP contribution in [0.25, 0.3) is 0 Å². The Morgan fingerprint density at radius 3 is 2.83 bits per heavy atom. The number of benzene rings is 1. The summed E-state index contributed by atoms with van der Waals surface area (Å²) in [6.45, 7) is 1.71. The Kier molecular flexibility index (Phi) is 2.67. The van der Waals surface area contributed by atoms with E-state index < -0.39 is 5.82 Å². The van der Waals surface area contributed by atoms with Gasteiger partial charge >= 0.3 is 0 Å². The minimum Gasteiger partial charge on any atom is -0.205 e. The van der Waals surface area contributed by atoms with Crippen molar-refractivity contribution in [1.29, 1.82) is 5.26 Å². The maximum absolute atomic E-state index is 12.8. The van der Waals surface area contributed by atoms with E-state index in [-0.39, 0.29) is 11.4 Å². The van der Waals surface area contributed by atoms with Crippen molar-refractivity contribution >= 4 is 11.6 Å². The minimum absolute atomic E-state index is 0.114. The van der Waals surface area contributed by atoms with Crippen LogP contribution >= 0.6 is 11.6 Å². The normalized spacial score (nSPS) is 9.50. The van der Waals surface area contributed by atoms with E-state index in [4.69, 9.17) is 16.9 Å².